The molecule has 1 saturated carbocycles. The number of fused-ring (bicyclic) bond motifs is 1. The molecule has 0 radical (unpaired) electrons. The Bertz CT molecular complexity index is 822. The molecule has 1 aliphatic carbocycles. The number of pyridine rings is 2. The van der Waals surface area contributed by atoms with Crippen LogP contribution in [0.15, 0.2) is 36.5 Å². The number of aromatic amines is 1. The van der Waals surface area contributed by atoms with Gasteiger partial charge in [-0.15, -0.1) is 0 Å². The standard InChI is InChI=1S/C15H13N5O/c21-15(12-8-11(19-20-12)9-3-4-9)18-13-6-5-10-2-1-7-16-14(10)17-13/h1-2,5-9H,3-4H2,(H,19,20)(H,16,17,18,21). The van der Waals surface area contributed by atoms with Crippen LogP contribution < -0.4 is 5.32 Å². The van der Waals surface area contributed by atoms with E-state index < -0.39 is 0 Å². The molecule has 3 aromatic heterocycles. The number of carbonyl (C=O) groups excluding carboxylic acids is 1. The highest BCUT2D eigenvalue weighted by Gasteiger charge is 2.26. The van der Waals surface area contributed by atoms with Crippen LogP contribution in [0.3, 0.4) is 0 Å². The fraction of sp³-hybridized carbons (Fsp3) is 0.200. The second-order valence-electron chi connectivity index (χ2n) is 5.18. The topological polar surface area (TPSA) is 83.6 Å². The average molecular weight is 279 g/mol. The van der Waals surface area contributed by atoms with Crippen molar-refractivity contribution in [3.05, 3.63) is 47.9 Å². The highest BCUT2D eigenvalue weighted by atomic mass is 16.2. The number of H-pyrrole nitrogens is 1. The summed E-state index contributed by atoms with van der Waals surface area (Å²) < 4.78 is 0. The van der Waals surface area contributed by atoms with Crippen LogP contribution in [0.25, 0.3) is 11.0 Å². The van der Waals surface area contributed by atoms with Crippen LogP contribution in [-0.2, 0) is 0 Å². The minimum Gasteiger partial charge on any atom is -0.305 e. The van der Waals surface area contributed by atoms with Crippen molar-refractivity contribution in [2.75, 3.05) is 5.32 Å². The molecule has 0 aliphatic heterocycles. The Morgan fingerprint density at radius 3 is 3.05 bits per heavy atom. The van der Waals surface area contributed by atoms with E-state index in [1.807, 2.05) is 24.3 Å². The van der Waals surface area contributed by atoms with Crippen LogP contribution in [-0.4, -0.2) is 26.1 Å². The fourth-order valence-corrected chi connectivity index (χ4v) is 2.26. The molecule has 6 heteroatoms. The summed E-state index contributed by atoms with van der Waals surface area (Å²) in [5.41, 5.74) is 2.03. The van der Waals surface area contributed by atoms with Gasteiger partial charge in [0.25, 0.3) is 5.91 Å². The molecule has 0 unspecified atom stereocenters. The van der Waals surface area contributed by atoms with Gasteiger partial charge in [-0.1, -0.05) is 0 Å². The average Bonchev–Trinajstić information content (AvgIpc) is 3.24. The van der Waals surface area contributed by atoms with Gasteiger partial charge in [-0.25, -0.2) is 9.97 Å². The minimum absolute atomic E-state index is 0.263. The fourth-order valence-electron chi connectivity index (χ4n) is 2.26. The van der Waals surface area contributed by atoms with E-state index in [0.29, 0.717) is 23.1 Å². The second-order valence-corrected chi connectivity index (χ2v) is 5.18. The van der Waals surface area contributed by atoms with E-state index in [2.05, 4.69) is 25.5 Å². The molecular weight excluding hydrogens is 266 g/mol. The molecule has 1 aliphatic rings. The van der Waals surface area contributed by atoms with Crippen molar-refractivity contribution in [2.24, 2.45) is 0 Å². The van der Waals surface area contributed by atoms with Gasteiger partial charge in [0.1, 0.15) is 5.82 Å². The van der Waals surface area contributed by atoms with E-state index in [1.54, 1.807) is 12.3 Å². The molecular formula is C15H13N5O. The van der Waals surface area contributed by atoms with Crippen molar-refractivity contribution < 1.29 is 4.79 Å². The predicted molar refractivity (Wildman–Crippen MR) is 78.1 cm³/mol. The van der Waals surface area contributed by atoms with E-state index in [0.717, 1.165) is 11.1 Å². The van der Waals surface area contributed by atoms with Gasteiger partial charge in [0, 0.05) is 23.2 Å². The first-order valence-electron chi connectivity index (χ1n) is 6.88. The van der Waals surface area contributed by atoms with E-state index >= 15 is 0 Å². The highest BCUT2D eigenvalue weighted by Crippen LogP contribution is 2.39. The summed E-state index contributed by atoms with van der Waals surface area (Å²) in [4.78, 5) is 20.6. The quantitative estimate of drug-likeness (QED) is 0.771. The summed E-state index contributed by atoms with van der Waals surface area (Å²) in [6.45, 7) is 0. The van der Waals surface area contributed by atoms with Gasteiger partial charge >= 0.3 is 0 Å². The number of anilines is 1. The molecule has 0 saturated heterocycles. The zero-order valence-electron chi connectivity index (χ0n) is 11.2. The molecule has 0 spiro atoms. The van der Waals surface area contributed by atoms with Gasteiger partial charge < -0.3 is 5.32 Å². The Balaban J connectivity index is 1.56. The van der Waals surface area contributed by atoms with E-state index in [1.165, 1.54) is 12.8 Å². The van der Waals surface area contributed by atoms with Crippen LogP contribution in [0.4, 0.5) is 5.82 Å². The molecule has 3 aromatic rings. The predicted octanol–water partition coefficient (Wildman–Crippen LogP) is 2.48. The Kier molecular flexibility index (Phi) is 2.67. The third kappa shape index (κ3) is 2.35. The molecule has 1 amide bonds. The molecule has 21 heavy (non-hydrogen) atoms. The lowest BCUT2D eigenvalue weighted by molar-refractivity contribution is 0.102. The van der Waals surface area contributed by atoms with Gasteiger partial charge in [0.2, 0.25) is 0 Å². The minimum atomic E-state index is -0.263. The highest BCUT2D eigenvalue weighted by molar-refractivity contribution is 6.02. The van der Waals surface area contributed by atoms with E-state index in [4.69, 9.17) is 0 Å². The van der Waals surface area contributed by atoms with Gasteiger partial charge in [-0.2, -0.15) is 5.10 Å². The van der Waals surface area contributed by atoms with Crippen molar-refractivity contribution in [1.29, 1.82) is 0 Å². The smallest absolute Gasteiger partial charge is 0.277 e. The lowest BCUT2D eigenvalue weighted by atomic mass is 10.2. The number of carbonyl (C=O) groups is 1. The molecule has 6 nitrogen and oxygen atoms in total. The van der Waals surface area contributed by atoms with Gasteiger partial charge in [0.05, 0.1) is 0 Å². The molecule has 2 N–H and O–H groups in total. The van der Waals surface area contributed by atoms with E-state index in [-0.39, 0.29) is 5.91 Å². The van der Waals surface area contributed by atoms with Crippen LogP contribution in [0, 0.1) is 0 Å². The second kappa shape index (κ2) is 4.66. The monoisotopic (exact) mass is 279 g/mol. The maximum absolute atomic E-state index is 12.2. The van der Waals surface area contributed by atoms with Gasteiger partial charge in [-0.3, -0.25) is 9.89 Å². The van der Waals surface area contributed by atoms with Gasteiger partial charge in [0.15, 0.2) is 11.3 Å². The van der Waals surface area contributed by atoms with Crippen molar-refractivity contribution >= 4 is 22.8 Å². The maximum Gasteiger partial charge on any atom is 0.277 e. The summed E-state index contributed by atoms with van der Waals surface area (Å²) in [6.07, 6.45) is 4.01. The van der Waals surface area contributed by atoms with Crippen molar-refractivity contribution in [2.45, 2.75) is 18.8 Å². The molecule has 104 valence electrons. The number of rotatable bonds is 3. The van der Waals surface area contributed by atoms with Crippen LogP contribution in [0.5, 0.6) is 0 Å². The van der Waals surface area contributed by atoms with E-state index in [9.17, 15) is 4.79 Å². The summed E-state index contributed by atoms with van der Waals surface area (Å²) >= 11 is 0. The summed E-state index contributed by atoms with van der Waals surface area (Å²) in [7, 11) is 0. The Morgan fingerprint density at radius 2 is 2.19 bits per heavy atom. The molecule has 0 aromatic carbocycles. The lowest BCUT2D eigenvalue weighted by Crippen LogP contribution is -2.13. The molecule has 0 atom stereocenters. The zero-order valence-corrected chi connectivity index (χ0v) is 11.2. The third-order valence-corrected chi connectivity index (χ3v) is 3.55. The molecule has 1 fully saturated rings. The third-order valence-electron chi connectivity index (χ3n) is 3.55. The van der Waals surface area contributed by atoms with Crippen LogP contribution in [0.2, 0.25) is 0 Å². The normalized spacial score (nSPS) is 14.3. The number of amides is 1. The molecule has 3 heterocycles. The molecule has 4 rings (SSSR count). The zero-order chi connectivity index (χ0) is 14.2. The number of hydrogen-bond donors (Lipinski definition) is 2. The van der Waals surface area contributed by atoms with Crippen LogP contribution >= 0.6 is 0 Å². The van der Waals surface area contributed by atoms with Crippen LogP contribution in [0.1, 0.15) is 34.9 Å². The Morgan fingerprint density at radius 1 is 1.29 bits per heavy atom. The number of hydrogen-bond acceptors (Lipinski definition) is 4. The van der Waals surface area contributed by atoms with Crippen molar-refractivity contribution in [1.82, 2.24) is 20.2 Å². The maximum atomic E-state index is 12.2. The lowest BCUT2D eigenvalue weighted by Gasteiger charge is -2.03. The first-order chi connectivity index (χ1) is 10.3. The number of nitrogens with one attached hydrogen (secondary N) is 2. The largest absolute Gasteiger partial charge is 0.305 e. The van der Waals surface area contributed by atoms with Crippen molar-refractivity contribution in [3.8, 4) is 0 Å². The van der Waals surface area contributed by atoms with Gasteiger partial charge in [-0.05, 0) is 43.2 Å². The SMILES string of the molecule is O=C(Nc1ccc2cccnc2n1)c1cc(C2CC2)[nH]n1. The first kappa shape index (κ1) is 12.0. The Hall–Kier alpha value is -2.76. The number of aromatic nitrogens is 4. The molecule has 0 bridgehead atoms. The van der Waals surface area contributed by atoms with Crippen molar-refractivity contribution in [3.63, 3.8) is 0 Å². The summed E-state index contributed by atoms with van der Waals surface area (Å²) in [6, 6.07) is 9.23. The number of nitrogens with zero attached hydrogens (tertiary/aromatic N) is 3. The summed E-state index contributed by atoms with van der Waals surface area (Å²) in [5, 5.41) is 10.7. The first-order valence-corrected chi connectivity index (χ1v) is 6.88. The summed E-state index contributed by atoms with van der Waals surface area (Å²) in [5.74, 6) is 0.755. The Labute approximate surface area is 120 Å².